The highest BCUT2D eigenvalue weighted by Gasteiger charge is 2.25. The molecule has 0 N–H and O–H groups in total. The normalized spacial score (nSPS) is 12.5. The second kappa shape index (κ2) is 8.40. The predicted octanol–water partition coefficient (Wildman–Crippen LogP) is 5.42. The molecule has 0 saturated carbocycles. The summed E-state index contributed by atoms with van der Waals surface area (Å²) in [5.74, 6) is 0.752. The Morgan fingerprint density at radius 2 is 1.59 bits per heavy atom. The Bertz CT molecular complexity index is 1030. The molecule has 3 rings (SSSR count). The van der Waals surface area contributed by atoms with Gasteiger partial charge in [0.15, 0.2) is 9.84 Å². The molecule has 0 amide bonds. The Balaban J connectivity index is 1.74. The van der Waals surface area contributed by atoms with E-state index in [4.69, 9.17) is 4.74 Å². The van der Waals surface area contributed by atoms with Gasteiger partial charge in [0.2, 0.25) is 0 Å². The summed E-state index contributed by atoms with van der Waals surface area (Å²) in [6.45, 7) is 4.16. The van der Waals surface area contributed by atoms with Gasteiger partial charge in [-0.15, -0.1) is 0 Å². The molecule has 0 spiro atoms. The molecule has 0 bridgehead atoms. The van der Waals surface area contributed by atoms with Crippen molar-refractivity contribution in [1.82, 2.24) is 0 Å². The molecular weight excluding hydrogens is 356 g/mol. The molecule has 140 valence electrons. The summed E-state index contributed by atoms with van der Waals surface area (Å²) < 4.78 is 31.8. The number of rotatable bonds is 7. The van der Waals surface area contributed by atoms with Crippen LogP contribution in [0.4, 0.5) is 0 Å². The molecule has 0 heterocycles. The molecule has 0 aliphatic carbocycles. The maximum atomic E-state index is 13.0. The standard InChI is InChI=1S/C23H24O3S/c1-18(2)16-23(27(24,25)22-10-4-3-5-11-22)14-15-26-21-13-12-19-8-6-7-9-20(19)17-21/h3-13,16-17,23H,14-15H2,1-2H3. The van der Waals surface area contributed by atoms with E-state index < -0.39 is 15.1 Å². The summed E-state index contributed by atoms with van der Waals surface area (Å²) in [6, 6.07) is 22.6. The highest BCUT2D eigenvalue weighted by Crippen LogP contribution is 2.23. The minimum absolute atomic E-state index is 0.332. The molecule has 0 aliphatic heterocycles. The van der Waals surface area contributed by atoms with Crippen molar-refractivity contribution < 1.29 is 13.2 Å². The molecule has 1 atom stereocenters. The fourth-order valence-corrected chi connectivity index (χ4v) is 4.78. The average molecular weight is 381 g/mol. The van der Waals surface area contributed by atoms with E-state index in [9.17, 15) is 8.42 Å². The van der Waals surface area contributed by atoms with E-state index in [1.807, 2.05) is 62.4 Å². The van der Waals surface area contributed by atoms with Crippen molar-refractivity contribution in [2.75, 3.05) is 6.61 Å². The number of hydrogen-bond donors (Lipinski definition) is 0. The molecule has 0 radical (unpaired) electrons. The summed E-state index contributed by atoms with van der Waals surface area (Å²) in [5, 5.41) is 1.65. The van der Waals surface area contributed by atoms with Crippen molar-refractivity contribution in [1.29, 1.82) is 0 Å². The molecule has 3 aromatic carbocycles. The fraction of sp³-hybridized carbons (Fsp3) is 0.217. The van der Waals surface area contributed by atoms with Crippen LogP contribution >= 0.6 is 0 Å². The van der Waals surface area contributed by atoms with Gasteiger partial charge < -0.3 is 4.74 Å². The summed E-state index contributed by atoms with van der Waals surface area (Å²) in [7, 11) is -3.44. The Kier molecular flexibility index (Phi) is 5.97. The number of ether oxygens (including phenoxy) is 1. The van der Waals surface area contributed by atoms with Crippen LogP contribution in [-0.2, 0) is 9.84 Å². The second-order valence-electron chi connectivity index (χ2n) is 6.79. The Hall–Kier alpha value is -2.59. The molecular formula is C23H24O3S. The topological polar surface area (TPSA) is 43.4 Å². The summed E-state index contributed by atoms with van der Waals surface area (Å²) in [5.41, 5.74) is 0.977. The van der Waals surface area contributed by atoms with E-state index in [0.717, 1.165) is 22.1 Å². The van der Waals surface area contributed by atoms with Crippen LogP contribution in [0, 0.1) is 0 Å². The van der Waals surface area contributed by atoms with Gasteiger partial charge in [0.25, 0.3) is 0 Å². The van der Waals surface area contributed by atoms with Gasteiger partial charge in [-0.05, 0) is 48.9 Å². The van der Waals surface area contributed by atoms with Crippen LogP contribution in [0.15, 0.2) is 89.3 Å². The SMILES string of the molecule is CC(C)=CC(CCOc1ccc2ccccc2c1)S(=O)(=O)c1ccccc1. The van der Waals surface area contributed by atoms with Crippen molar-refractivity contribution in [2.45, 2.75) is 30.4 Å². The first-order valence-electron chi connectivity index (χ1n) is 9.02. The minimum Gasteiger partial charge on any atom is -0.494 e. The summed E-state index contributed by atoms with van der Waals surface area (Å²) in [6.07, 6.45) is 2.21. The quantitative estimate of drug-likeness (QED) is 0.514. The molecule has 3 aromatic rings. The summed E-state index contributed by atoms with van der Waals surface area (Å²) in [4.78, 5) is 0.346. The van der Waals surface area contributed by atoms with E-state index in [-0.39, 0.29) is 0 Å². The van der Waals surface area contributed by atoms with Gasteiger partial charge in [0, 0.05) is 6.42 Å². The predicted molar refractivity (Wildman–Crippen MR) is 111 cm³/mol. The van der Waals surface area contributed by atoms with Crippen LogP contribution in [0.2, 0.25) is 0 Å². The zero-order valence-corrected chi connectivity index (χ0v) is 16.4. The maximum absolute atomic E-state index is 13.0. The third-order valence-corrected chi connectivity index (χ3v) is 6.48. The van der Waals surface area contributed by atoms with Crippen molar-refractivity contribution >= 4 is 20.6 Å². The van der Waals surface area contributed by atoms with E-state index in [2.05, 4.69) is 6.07 Å². The van der Waals surface area contributed by atoms with Crippen molar-refractivity contribution in [3.05, 3.63) is 84.4 Å². The number of fused-ring (bicyclic) bond motifs is 1. The third kappa shape index (κ3) is 4.77. The van der Waals surface area contributed by atoms with Gasteiger partial charge in [-0.2, -0.15) is 0 Å². The third-order valence-electron chi connectivity index (χ3n) is 4.38. The van der Waals surface area contributed by atoms with E-state index in [1.54, 1.807) is 24.3 Å². The smallest absolute Gasteiger partial charge is 0.184 e. The van der Waals surface area contributed by atoms with Crippen molar-refractivity contribution in [2.24, 2.45) is 0 Å². The maximum Gasteiger partial charge on any atom is 0.184 e. The number of sulfone groups is 1. The van der Waals surface area contributed by atoms with Crippen LogP contribution < -0.4 is 4.74 Å². The van der Waals surface area contributed by atoms with E-state index >= 15 is 0 Å². The van der Waals surface area contributed by atoms with Crippen LogP contribution in [0.3, 0.4) is 0 Å². The molecule has 0 aliphatic rings. The molecule has 0 aromatic heterocycles. The molecule has 3 nitrogen and oxygen atoms in total. The van der Waals surface area contributed by atoms with Crippen molar-refractivity contribution in [3.63, 3.8) is 0 Å². The first-order valence-corrected chi connectivity index (χ1v) is 10.6. The van der Waals surface area contributed by atoms with E-state index in [1.165, 1.54) is 0 Å². The van der Waals surface area contributed by atoms with Crippen LogP contribution in [0.1, 0.15) is 20.3 Å². The fourth-order valence-electron chi connectivity index (χ4n) is 3.03. The number of hydrogen-bond acceptors (Lipinski definition) is 3. The number of benzene rings is 3. The Labute approximate surface area is 161 Å². The largest absolute Gasteiger partial charge is 0.494 e. The number of allylic oxidation sites excluding steroid dienone is 1. The first-order chi connectivity index (χ1) is 13.0. The van der Waals surface area contributed by atoms with Gasteiger partial charge in [-0.3, -0.25) is 0 Å². The average Bonchev–Trinajstić information content (AvgIpc) is 2.67. The van der Waals surface area contributed by atoms with Crippen LogP contribution in [-0.4, -0.2) is 20.3 Å². The van der Waals surface area contributed by atoms with Gasteiger partial charge >= 0.3 is 0 Å². The van der Waals surface area contributed by atoms with Gasteiger partial charge in [0.05, 0.1) is 16.8 Å². The Morgan fingerprint density at radius 1 is 0.926 bits per heavy atom. The summed E-state index contributed by atoms with van der Waals surface area (Å²) >= 11 is 0. The second-order valence-corrected chi connectivity index (χ2v) is 8.95. The lowest BCUT2D eigenvalue weighted by Crippen LogP contribution is -2.22. The molecule has 27 heavy (non-hydrogen) atoms. The van der Waals surface area contributed by atoms with Gasteiger partial charge in [-0.25, -0.2) is 8.42 Å². The van der Waals surface area contributed by atoms with Crippen molar-refractivity contribution in [3.8, 4) is 5.75 Å². The lowest BCUT2D eigenvalue weighted by atomic mass is 10.1. The monoisotopic (exact) mass is 380 g/mol. The lowest BCUT2D eigenvalue weighted by molar-refractivity contribution is 0.312. The first kappa shape index (κ1) is 19.2. The molecule has 0 saturated heterocycles. The zero-order chi connectivity index (χ0) is 19.3. The highest BCUT2D eigenvalue weighted by molar-refractivity contribution is 7.92. The van der Waals surface area contributed by atoms with Gasteiger partial charge in [-0.1, -0.05) is 60.2 Å². The molecule has 4 heteroatoms. The zero-order valence-electron chi connectivity index (χ0n) is 15.6. The molecule has 0 fully saturated rings. The minimum atomic E-state index is -3.44. The molecule has 1 unspecified atom stereocenters. The Morgan fingerprint density at radius 3 is 2.30 bits per heavy atom. The lowest BCUT2D eigenvalue weighted by Gasteiger charge is -2.16. The van der Waals surface area contributed by atoms with Crippen LogP contribution in [0.5, 0.6) is 5.75 Å². The van der Waals surface area contributed by atoms with E-state index in [0.29, 0.717) is 17.9 Å². The van der Waals surface area contributed by atoms with Gasteiger partial charge in [0.1, 0.15) is 5.75 Å². The van der Waals surface area contributed by atoms with Crippen LogP contribution in [0.25, 0.3) is 10.8 Å². The highest BCUT2D eigenvalue weighted by atomic mass is 32.2.